The summed E-state index contributed by atoms with van der Waals surface area (Å²) in [7, 11) is 13.0. The molecule has 198 valence electrons. The highest BCUT2D eigenvalue weighted by Crippen LogP contribution is 2.51. The van der Waals surface area contributed by atoms with Gasteiger partial charge < -0.3 is 38.1 Å². The molecule has 9 heteroatoms. The van der Waals surface area contributed by atoms with Gasteiger partial charge in [0.1, 0.15) is 6.61 Å². The Kier molecular flexibility index (Phi) is 9.14. The second-order valence-corrected chi connectivity index (χ2v) is 8.77. The molecule has 1 aliphatic carbocycles. The number of hydrogen-bond acceptors (Lipinski definition) is 8. The van der Waals surface area contributed by atoms with E-state index in [1.807, 2.05) is 24.3 Å². The normalized spacial score (nSPS) is 18.9. The highest BCUT2D eigenvalue weighted by molar-refractivity contribution is 5.76. The minimum absolute atomic E-state index is 0.0160. The lowest BCUT2D eigenvalue weighted by molar-refractivity contribution is -0.136. The third-order valence-corrected chi connectivity index (χ3v) is 6.71. The van der Waals surface area contributed by atoms with Gasteiger partial charge in [-0.25, -0.2) is 0 Å². The van der Waals surface area contributed by atoms with E-state index in [1.54, 1.807) is 56.8 Å². The van der Waals surface area contributed by atoms with Crippen molar-refractivity contribution in [2.24, 2.45) is 0 Å². The highest BCUT2D eigenvalue weighted by Gasteiger charge is 2.40. The van der Waals surface area contributed by atoms with E-state index in [-0.39, 0.29) is 30.5 Å². The van der Waals surface area contributed by atoms with Gasteiger partial charge in [-0.2, -0.15) is 0 Å². The fraction of sp³-hybridized carbons (Fsp3) is 0.519. The molecule has 1 amide bonds. The minimum atomic E-state index is -0.292. The van der Waals surface area contributed by atoms with Crippen LogP contribution in [-0.4, -0.2) is 80.3 Å². The van der Waals surface area contributed by atoms with Crippen LogP contribution in [0.4, 0.5) is 0 Å². The van der Waals surface area contributed by atoms with Gasteiger partial charge in [-0.3, -0.25) is 4.79 Å². The Balaban J connectivity index is 2.07. The molecule has 3 rings (SSSR count). The maximum Gasteiger partial charge on any atom is 0.248 e. The number of likely N-dealkylation sites (N-methyl/N-ethyl adjacent to an activating group) is 1. The maximum absolute atomic E-state index is 12.4. The van der Waals surface area contributed by atoms with E-state index >= 15 is 0 Å². The summed E-state index contributed by atoms with van der Waals surface area (Å²) >= 11 is 0. The van der Waals surface area contributed by atoms with Crippen molar-refractivity contribution in [1.82, 2.24) is 4.90 Å². The zero-order chi connectivity index (χ0) is 26.4. The summed E-state index contributed by atoms with van der Waals surface area (Å²) in [5.41, 5.74) is 1.98. The number of nitrogens with zero attached hydrogens (tertiary/aromatic N) is 1. The highest BCUT2D eigenvalue weighted by atomic mass is 16.5. The number of rotatable bonds is 11. The van der Waals surface area contributed by atoms with E-state index in [2.05, 4.69) is 0 Å². The van der Waals surface area contributed by atoms with Crippen LogP contribution in [-0.2, 0) is 9.53 Å². The predicted octanol–water partition coefficient (Wildman–Crippen LogP) is 3.87. The zero-order valence-electron chi connectivity index (χ0n) is 22.4. The molecule has 0 aromatic heterocycles. The molecule has 2 aromatic rings. The Hall–Kier alpha value is -3.33. The van der Waals surface area contributed by atoms with Crippen LogP contribution in [0.5, 0.6) is 34.5 Å². The van der Waals surface area contributed by atoms with Crippen LogP contribution in [0.25, 0.3) is 0 Å². The molecular formula is C27H37NO8. The quantitative estimate of drug-likeness (QED) is 0.457. The largest absolute Gasteiger partial charge is 0.493 e. The number of ether oxygens (including phenoxy) is 7. The first-order chi connectivity index (χ1) is 17.3. The van der Waals surface area contributed by atoms with Crippen molar-refractivity contribution in [1.29, 1.82) is 0 Å². The SMILES string of the molecule is COc1cc(C2CCC(c3cc(OC)c(OC)c(OC)c3)C2OCC(=O)N(C)C)cc(OC)c1OC. The Morgan fingerprint density at radius 1 is 0.694 bits per heavy atom. The summed E-state index contributed by atoms with van der Waals surface area (Å²) in [5.74, 6) is 3.23. The maximum atomic E-state index is 12.4. The van der Waals surface area contributed by atoms with Crippen molar-refractivity contribution in [2.75, 3.05) is 63.4 Å². The molecule has 0 N–H and O–H groups in total. The van der Waals surface area contributed by atoms with E-state index < -0.39 is 0 Å². The fourth-order valence-corrected chi connectivity index (χ4v) is 4.84. The molecule has 1 fully saturated rings. The van der Waals surface area contributed by atoms with E-state index in [0.717, 1.165) is 24.0 Å². The number of hydrogen-bond donors (Lipinski definition) is 0. The summed E-state index contributed by atoms with van der Waals surface area (Å²) < 4.78 is 39.7. The third kappa shape index (κ3) is 5.41. The van der Waals surface area contributed by atoms with Gasteiger partial charge in [0.15, 0.2) is 23.0 Å². The molecule has 1 saturated carbocycles. The van der Waals surface area contributed by atoms with Crippen LogP contribution in [0.1, 0.15) is 35.8 Å². The van der Waals surface area contributed by atoms with Gasteiger partial charge in [0.25, 0.3) is 0 Å². The van der Waals surface area contributed by atoms with E-state index in [4.69, 9.17) is 33.2 Å². The smallest absolute Gasteiger partial charge is 0.248 e. The lowest BCUT2D eigenvalue weighted by Gasteiger charge is -2.28. The summed E-state index contributed by atoms with van der Waals surface area (Å²) in [5, 5.41) is 0. The van der Waals surface area contributed by atoms with E-state index in [9.17, 15) is 4.79 Å². The number of carbonyl (C=O) groups is 1. The van der Waals surface area contributed by atoms with Gasteiger partial charge in [-0.05, 0) is 48.2 Å². The summed E-state index contributed by atoms with van der Waals surface area (Å²) in [6.07, 6.45) is 1.38. The molecule has 0 saturated heterocycles. The van der Waals surface area contributed by atoms with E-state index in [0.29, 0.717) is 34.5 Å². The van der Waals surface area contributed by atoms with Gasteiger partial charge in [0.05, 0.1) is 48.8 Å². The van der Waals surface area contributed by atoms with Gasteiger partial charge in [0.2, 0.25) is 17.4 Å². The lowest BCUT2D eigenvalue weighted by atomic mass is 9.89. The molecule has 2 unspecified atom stereocenters. The molecule has 1 aliphatic rings. The second-order valence-electron chi connectivity index (χ2n) is 8.77. The number of methoxy groups -OCH3 is 6. The first kappa shape index (κ1) is 27.3. The zero-order valence-corrected chi connectivity index (χ0v) is 22.4. The van der Waals surface area contributed by atoms with Gasteiger partial charge in [-0.15, -0.1) is 0 Å². The fourth-order valence-electron chi connectivity index (χ4n) is 4.84. The first-order valence-electron chi connectivity index (χ1n) is 11.7. The van der Waals surface area contributed by atoms with Gasteiger partial charge in [-0.1, -0.05) is 0 Å². The van der Waals surface area contributed by atoms with Gasteiger partial charge in [0, 0.05) is 25.9 Å². The van der Waals surface area contributed by atoms with Crippen LogP contribution in [0.2, 0.25) is 0 Å². The molecular weight excluding hydrogens is 466 g/mol. The third-order valence-electron chi connectivity index (χ3n) is 6.71. The molecule has 2 aromatic carbocycles. The standard InChI is InChI=1S/C27H37NO8/c1-28(2)24(29)15-36-25-18(16-11-20(30-3)26(34-7)21(12-16)31-4)9-10-19(25)17-13-22(32-5)27(35-8)23(14-17)33-6/h11-14,18-19,25H,9-10,15H2,1-8H3. The summed E-state index contributed by atoms with van der Waals surface area (Å²) in [4.78, 5) is 14.0. The Morgan fingerprint density at radius 2 is 1.06 bits per heavy atom. The van der Waals surface area contributed by atoms with Crippen molar-refractivity contribution >= 4 is 5.91 Å². The molecule has 0 aliphatic heterocycles. The average molecular weight is 504 g/mol. The molecule has 0 bridgehead atoms. The average Bonchev–Trinajstić information content (AvgIpc) is 3.33. The molecule has 2 atom stereocenters. The second kappa shape index (κ2) is 12.1. The van der Waals surface area contributed by atoms with Crippen molar-refractivity contribution in [3.8, 4) is 34.5 Å². The molecule has 36 heavy (non-hydrogen) atoms. The number of benzene rings is 2. The predicted molar refractivity (Wildman–Crippen MR) is 135 cm³/mol. The summed E-state index contributed by atoms with van der Waals surface area (Å²) in [6, 6.07) is 7.81. The Morgan fingerprint density at radius 3 is 1.33 bits per heavy atom. The summed E-state index contributed by atoms with van der Waals surface area (Å²) in [6.45, 7) is -0.0283. The molecule has 0 radical (unpaired) electrons. The van der Waals surface area contributed by atoms with Crippen molar-refractivity contribution in [3.05, 3.63) is 35.4 Å². The van der Waals surface area contributed by atoms with Crippen LogP contribution < -0.4 is 28.4 Å². The van der Waals surface area contributed by atoms with Crippen LogP contribution >= 0.6 is 0 Å². The molecule has 0 spiro atoms. The van der Waals surface area contributed by atoms with Crippen molar-refractivity contribution in [2.45, 2.75) is 30.8 Å². The van der Waals surface area contributed by atoms with Crippen LogP contribution in [0, 0.1) is 0 Å². The van der Waals surface area contributed by atoms with E-state index in [1.165, 1.54) is 4.90 Å². The lowest BCUT2D eigenvalue weighted by Crippen LogP contribution is -2.31. The van der Waals surface area contributed by atoms with Crippen LogP contribution in [0.3, 0.4) is 0 Å². The Labute approximate surface area is 213 Å². The molecule has 9 nitrogen and oxygen atoms in total. The molecule has 0 heterocycles. The number of carbonyl (C=O) groups excluding carboxylic acids is 1. The van der Waals surface area contributed by atoms with Gasteiger partial charge >= 0.3 is 0 Å². The Bertz CT molecular complexity index is 933. The van der Waals surface area contributed by atoms with Crippen molar-refractivity contribution < 1.29 is 38.0 Å². The minimum Gasteiger partial charge on any atom is -0.493 e. The monoisotopic (exact) mass is 503 g/mol. The van der Waals surface area contributed by atoms with Crippen LogP contribution in [0.15, 0.2) is 24.3 Å². The topological polar surface area (TPSA) is 84.9 Å². The number of amides is 1. The first-order valence-corrected chi connectivity index (χ1v) is 11.7. The van der Waals surface area contributed by atoms with Crippen molar-refractivity contribution in [3.63, 3.8) is 0 Å².